The fourth-order valence-electron chi connectivity index (χ4n) is 6.51. The van der Waals surface area contributed by atoms with Gasteiger partial charge in [-0.25, -0.2) is 4.79 Å². The molecule has 0 aromatic heterocycles. The molecule has 0 saturated carbocycles. The molecule has 4 N–H and O–H groups in total. The van der Waals surface area contributed by atoms with E-state index in [-0.39, 0.29) is 24.3 Å². The number of hydrogen-bond donors (Lipinski definition) is 4. The van der Waals surface area contributed by atoms with Gasteiger partial charge in [0, 0.05) is 32.0 Å². The van der Waals surface area contributed by atoms with Gasteiger partial charge in [0.05, 0.1) is 44.1 Å². The van der Waals surface area contributed by atoms with Crippen LogP contribution in [0, 0.1) is 11.3 Å². The van der Waals surface area contributed by atoms with Crippen molar-refractivity contribution in [1.82, 2.24) is 15.5 Å². The molecule has 10 heteroatoms. The zero-order chi connectivity index (χ0) is 35.5. The summed E-state index contributed by atoms with van der Waals surface area (Å²) in [4.78, 5) is 29.3. The number of alkyl carbamates (subject to hydrolysis) is 1. The second-order valence-corrected chi connectivity index (χ2v) is 14.7. The Labute approximate surface area is 296 Å². The highest BCUT2D eigenvalue weighted by Crippen LogP contribution is 2.32. The third-order valence-electron chi connectivity index (χ3n) is 9.29. The summed E-state index contributed by atoms with van der Waals surface area (Å²) in [5.41, 5.74) is 3.52. The van der Waals surface area contributed by atoms with Crippen LogP contribution >= 0.6 is 0 Å². The van der Waals surface area contributed by atoms with E-state index in [2.05, 4.69) is 15.5 Å². The van der Waals surface area contributed by atoms with Crippen molar-refractivity contribution in [1.29, 1.82) is 0 Å². The van der Waals surface area contributed by atoms with Crippen LogP contribution in [0.5, 0.6) is 5.75 Å². The molecule has 270 valence electrons. The number of nitrogens with one attached hydrogen (secondary N) is 2. The minimum absolute atomic E-state index is 0.0746. The van der Waals surface area contributed by atoms with Gasteiger partial charge in [-0.3, -0.25) is 9.69 Å². The molecular weight excluding hydrogens is 634 g/mol. The third kappa shape index (κ3) is 11.3. The number of carbonyl (C=O) groups is 2. The van der Waals surface area contributed by atoms with Crippen molar-refractivity contribution in [3.63, 3.8) is 0 Å². The maximum Gasteiger partial charge on any atom is 0.407 e. The molecule has 0 bridgehead atoms. The molecule has 1 aliphatic heterocycles. The predicted octanol–water partition coefficient (Wildman–Crippen LogP) is 4.47. The first kappa shape index (κ1) is 37.3. The highest BCUT2D eigenvalue weighted by atomic mass is 16.5. The van der Waals surface area contributed by atoms with Crippen molar-refractivity contribution in [2.45, 2.75) is 70.7 Å². The summed E-state index contributed by atoms with van der Waals surface area (Å²) in [5, 5.41) is 28.6. The molecule has 1 saturated heterocycles. The topological polar surface area (TPSA) is 130 Å². The van der Waals surface area contributed by atoms with Crippen LogP contribution in [0.3, 0.4) is 0 Å². The van der Waals surface area contributed by atoms with E-state index in [4.69, 9.17) is 14.2 Å². The first-order chi connectivity index (χ1) is 24.0. The van der Waals surface area contributed by atoms with E-state index in [9.17, 15) is 19.8 Å². The molecule has 0 unspecified atom stereocenters. The van der Waals surface area contributed by atoms with Crippen LogP contribution in [-0.4, -0.2) is 91.4 Å². The molecule has 0 radical (unpaired) electrons. The Balaban J connectivity index is 1.30. The standard InChI is InChI=1S/C40H53N3O7/c1-40(2,3)27-50-39(47)41-34(24-28-9-5-4-6-10-28)35(44)26-31(38(46)42-37-33-12-8-7-11-30(33)25-36(37)45)23-29-13-15-32(16-14-29)49-22-19-43-17-20-48-21-18-43/h4-16,31,34-37,44-45H,17-27H2,1-3H3,(H,41,47)(H,42,46)/t31-,34+,35+,36-,37+/m1/s1. The van der Waals surface area contributed by atoms with Gasteiger partial charge in [-0.1, -0.05) is 87.5 Å². The van der Waals surface area contributed by atoms with Crippen LogP contribution in [0.4, 0.5) is 4.79 Å². The molecule has 1 fully saturated rings. The van der Waals surface area contributed by atoms with Gasteiger partial charge in [0.15, 0.2) is 0 Å². The number of ether oxygens (including phenoxy) is 3. The fraction of sp³-hybridized carbons (Fsp3) is 0.500. The molecule has 3 aromatic carbocycles. The van der Waals surface area contributed by atoms with Crippen LogP contribution in [0.15, 0.2) is 78.9 Å². The number of aliphatic hydroxyl groups excluding tert-OH is 2. The van der Waals surface area contributed by atoms with Crippen LogP contribution < -0.4 is 15.4 Å². The van der Waals surface area contributed by atoms with Gasteiger partial charge < -0.3 is 35.1 Å². The number of nitrogens with zero attached hydrogens (tertiary/aromatic N) is 1. The zero-order valence-electron chi connectivity index (χ0n) is 29.6. The lowest BCUT2D eigenvalue weighted by molar-refractivity contribution is -0.127. The van der Waals surface area contributed by atoms with E-state index in [0.29, 0.717) is 25.9 Å². The summed E-state index contributed by atoms with van der Waals surface area (Å²) in [6, 6.07) is 23.8. The first-order valence-electron chi connectivity index (χ1n) is 17.8. The quantitative estimate of drug-likeness (QED) is 0.184. The molecule has 10 nitrogen and oxygen atoms in total. The van der Waals surface area contributed by atoms with Crippen molar-refractivity contribution >= 4 is 12.0 Å². The van der Waals surface area contributed by atoms with Crippen molar-refractivity contribution in [2.24, 2.45) is 11.3 Å². The Morgan fingerprint density at radius 1 is 0.940 bits per heavy atom. The fourth-order valence-corrected chi connectivity index (χ4v) is 6.51. The smallest absolute Gasteiger partial charge is 0.407 e. The number of benzene rings is 3. The van der Waals surface area contributed by atoms with Gasteiger partial charge in [0.25, 0.3) is 0 Å². The zero-order valence-corrected chi connectivity index (χ0v) is 29.6. The lowest BCUT2D eigenvalue weighted by atomic mass is 9.88. The van der Waals surface area contributed by atoms with E-state index in [1.807, 2.05) is 99.6 Å². The monoisotopic (exact) mass is 687 g/mol. The Hall–Kier alpha value is -3.96. The second kappa shape index (κ2) is 17.8. The number of fused-ring (bicyclic) bond motifs is 1. The molecule has 2 aliphatic rings. The minimum atomic E-state index is -1.07. The average Bonchev–Trinajstić information content (AvgIpc) is 3.42. The van der Waals surface area contributed by atoms with E-state index in [1.54, 1.807) is 0 Å². The number of carbonyl (C=O) groups excluding carboxylic acids is 2. The van der Waals surface area contributed by atoms with Gasteiger partial charge in [0.1, 0.15) is 12.4 Å². The maximum atomic E-state index is 14.1. The van der Waals surface area contributed by atoms with Gasteiger partial charge in [-0.05, 0) is 59.1 Å². The number of rotatable bonds is 15. The van der Waals surface area contributed by atoms with Crippen LogP contribution in [-0.2, 0) is 33.5 Å². The summed E-state index contributed by atoms with van der Waals surface area (Å²) in [7, 11) is 0. The SMILES string of the molecule is CC(C)(C)COC(=O)N[C@@H](Cc1ccccc1)[C@@H](O)C[C@@H](Cc1ccc(OCCN2CCOCC2)cc1)C(=O)N[C@H]1c2ccccc2C[C@H]1O. The Morgan fingerprint density at radius 3 is 2.34 bits per heavy atom. The molecule has 0 spiro atoms. The summed E-state index contributed by atoms with van der Waals surface area (Å²) in [6.45, 7) is 10.8. The van der Waals surface area contributed by atoms with E-state index < -0.39 is 36.3 Å². The van der Waals surface area contributed by atoms with Crippen LogP contribution in [0.25, 0.3) is 0 Å². The van der Waals surface area contributed by atoms with E-state index in [1.165, 1.54) is 0 Å². The number of aliphatic hydroxyl groups is 2. The molecule has 1 aliphatic carbocycles. The molecular formula is C40H53N3O7. The third-order valence-corrected chi connectivity index (χ3v) is 9.29. The largest absolute Gasteiger partial charge is 0.492 e. The van der Waals surface area contributed by atoms with Gasteiger partial charge in [0.2, 0.25) is 5.91 Å². The Kier molecular flexibility index (Phi) is 13.3. The molecule has 50 heavy (non-hydrogen) atoms. The summed E-state index contributed by atoms with van der Waals surface area (Å²) < 4.78 is 16.9. The van der Waals surface area contributed by atoms with Crippen LogP contribution in [0.1, 0.15) is 55.5 Å². The van der Waals surface area contributed by atoms with Crippen molar-refractivity contribution in [3.8, 4) is 5.75 Å². The van der Waals surface area contributed by atoms with Crippen molar-refractivity contribution in [2.75, 3.05) is 46.1 Å². The predicted molar refractivity (Wildman–Crippen MR) is 192 cm³/mol. The Bertz CT molecular complexity index is 1510. The van der Waals surface area contributed by atoms with Gasteiger partial charge in [-0.2, -0.15) is 0 Å². The van der Waals surface area contributed by atoms with Crippen LogP contribution in [0.2, 0.25) is 0 Å². The van der Waals surface area contributed by atoms with Gasteiger partial charge in [-0.15, -0.1) is 0 Å². The minimum Gasteiger partial charge on any atom is -0.492 e. The average molecular weight is 688 g/mol. The maximum absolute atomic E-state index is 14.1. The summed E-state index contributed by atoms with van der Waals surface area (Å²) in [6.07, 6.45) is -1.21. The lowest BCUT2D eigenvalue weighted by Crippen LogP contribution is -2.48. The highest BCUT2D eigenvalue weighted by molar-refractivity contribution is 5.80. The second-order valence-electron chi connectivity index (χ2n) is 14.7. The molecule has 2 amide bonds. The Morgan fingerprint density at radius 2 is 1.62 bits per heavy atom. The van der Waals surface area contributed by atoms with Gasteiger partial charge >= 0.3 is 6.09 Å². The van der Waals surface area contributed by atoms with Crippen molar-refractivity contribution < 1.29 is 34.0 Å². The summed E-state index contributed by atoms with van der Waals surface area (Å²) in [5.74, 6) is -0.192. The first-order valence-corrected chi connectivity index (χ1v) is 17.8. The highest BCUT2D eigenvalue weighted by Gasteiger charge is 2.35. The molecule has 5 rings (SSSR count). The van der Waals surface area contributed by atoms with E-state index >= 15 is 0 Å². The van der Waals surface area contributed by atoms with Crippen molar-refractivity contribution in [3.05, 3.63) is 101 Å². The molecule has 1 heterocycles. The number of amides is 2. The lowest BCUT2D eigenvalue weighted by Gasteiger charge is -2.29. The molecule has 5 atom stereocenters. The summed E-state index contributed by atoms with van der Waals surface area (Å²) >= 11 is 0. The molecule has 3 aromatic rings. The normalized spacial score (nSPS) is 19.5. The number of morpholine rings is 1. The number of hydrogen-bond acceptors (Lipinski definition) is 8. The van der Waals surface area contributed by atoms with E-state index in [0.717, 1.165) is 60.9 Å².